The highest BCUT2D eigenvalue weighted by molar-refractivity contribution is 7.12. The lowest BCUT2D eigenvalue weighted by Gasteiger charge is -2.29. The summed E-state index contributed by atoms with van der Waals surface area (Å²) in [6.07, 6.45) is 4.20. The van der Waals surface area contributed by atoms with E-state index >= 15 is 0 Å². The molecule has 1 saturated heterocycles. The van der Waals surface area contributed by atoms with Crippen LogP contribution in [0.2, 0.25) is 0 Å². The average molecular weight is 308 g/mol. The van der Waals surface area contributed by atoms with Gasteiger partial charge >= 0.3 is 0 Å². The fourth-order valence-corrected chi connectivity index (χ4v) is 4.61. The molecule has 116 valence electrons. The highest BCUT2D eigenvalue weighted by Gasteiger charge is 2.54. The quantitative estimate of drug-likeness (QED) is 0.930. The Morgan fingerprint density at radius 1 is 1.48 bits per heavy atom. The van der Waals surface area contributed by atoms with Crippen molar-refractivity contribution in [1.82, 2.24) is 10.2 Å². The molecule has 1 aliphatic heterocycles. The lowest BCUT2D eigenvalue weighted by atomic mass is 9.98. The predicted molar refractivity (Wildman–Crippen MR) is 84.3 cm³/mol. The van der Waals surface area contributed by atoms with Crippen LogP contribution in [0.4, 0.5) is 0 Å². The van der Waals surface area contributed by atoms with Gasteiger partial charge in [-0.25, -0.2) is 0 Å². The minimum Gasteiger partial charge on any atom is -0.383 e. The standard InChI is InChI=1S/C16H24N2O2S/c1-11(10-20-3)18-14(13-7-6-12(2)21-13)17-16(15(18)19)8-4-5-9-16/h6-7,11,14,17H,4-5,8-10H2,1-3H3. The zero-order valence-corrected chi connectivity index (χ0v) is 13.8. The summed E-state index contributed by atoms with van der Waals surface area (Å²) in [4.78, 5) is 17.6. The number of hydrogen-bond donors (Lipinski definition) is 1. The molecule has 3 rings (SSSR count). The number of aryl methyl sites for hydroxylation is 1. The van der Waals surface area contributed by atoms with Crippen molar-refractivity contribution in [3.8, 4) is 0 Å². The second-order valence-corrected chi connectivity index (χ2v) is 7.62. The summed E-state index contributed by atoms with van der Waals surface area (Å²) in [5.41, 5.74) is -0.329. The van der Waals surface area contributed by atoms with Gasteiger partial charge in [-0.3, -0.25) is 10.1 Å². The molecule has 2 aliphatic rings. The predicted octanol–water partition coefficient (Wildman–Crippen LogP) is 2.83. The molecule has 1 aromatic rings. The number of nitrogens with zero attached hydrogens (tertiary/aromatic N) is 1. The lowest BCUT2D eigenvalue weighted by molar-refractivity contribution is -0.136. The third-order valence-corrected chi connectivity index (χ3v) is 5.76. The molecule has 1 amide bonds. The van der Waals surface area contributed by atoms with Crippen molar-refractivity contribution in [3.63, 3.8) is 0 Å². The molecule has 2 atom stereocenters. The van der Waals surface area contributed by atoms with Crippen molar-refractivity contribution in [1.29, 1.82) is 0 Å². The lowest BCUT2D eigenvalue weighted by Crippen LogP contribution is -2.45. The van der Waals surface area contributed by atoms with Crippen LogP contribution in [-0.2, 0) is 9.53 Å². The first-order chi connectivity index (χ1) is 10.1. The summed E-state index contributed by atoms with van der Waals surface area (Å²) in [5.74, 6) is 0.264. The Morgan fingerprint density at radius 2 is 2.19 bits per heavy atom. The number of nitrogens with one attached hydrogen (secondary N) is 1. The van der Waals surface area contributed by atoms with Crippen LogP contribution in [0.5, 0.6) is 0 Å². The molecule has 21 heavy (non-hydrogen) atoms. The molecule has 1 N–H and O–H groups in total. The summed E-state index contributed by atoms with van der Waals surface area (Å²) >= 11 is 1.77. The summed E-state index contributed by atoms with van der Waals surface area (Å²) in [6.45, 7) is 4.76. The van der Waals surface area contributed by atoms with Crippen LogP contribution in [-0.4, -0.2) is 36.1 Å². The minimum atomic E-state index is -0.329. The van der Waals surface area contributed by atoms with E-state index in [1.807, 2.05) is 4.90 Å². The fraction of sp³-hybridized carbons (Fsp3) is 0.688. The third kappa shape index (κ3) is 2.51. The molecular weight excluding hydrogens is 284 g/mol. The molecule has 4 nitrogen and oxygen atoms in total. The van der Waals surface area contributed by atoms with Gasteiger partial charge in [0, 0.05) is 16.9 Å². The van der Waals surface area contributed by atoms with Gasteiger partial charge in [0.25, 0.3) is 0 Å². The van der Waals surface area contributed by atoms with Crippen LogP contribution in [0.1, 0.15) is 48.5 Å². The van der Waals surface area contributed by atoms with Crippen molar-refractivity contribution < 1.29 is 9.53 Å². The van der Waals surface area contributed by atoms with E-state index in [2.05, 4.69) is 31.3 Å². The Morgan fingerprint density at radius 3 is 2.76 bits per heavy atom. The number of hydrogen-bond acceptors (Lipinski definition) is 4. The maximum Gasteiger partial charge on any atom is 0.244 e. The van der Waals surface area contributed by atoms with Crippen LogP contribution in [0.25, 0.3) is 0 Å². The number of rotatable bonds is 4. The van der Waals surface area contributed by atoms with Gasteiger partial charge in [0.2, 0.25) is 5.91 Å². The van der Waals surface area contributed by atoms with E-state index in [-0.39, 0.29) is 23.7 Å². The zero-order valence-electron chi connectivity index (χ0n) is 13.0. The normalized spacial score (nSPS) is 26.0. The van der Waals surface area contributed by atoms with Crippen LogP contribution in [0, 0.1) is 6.92 Å². The van der Waals surface area contributed by atoms with E-state index in [1.54, 1.807) is 18.4 Å². The van der Waals surface area contributed by atoms with E-state index in [0.717, 1.165) is 25.7 Å². The van der Waals surface area contributed by atoms with Gasteiger partial charge in [0.05, 0.1) is 18.2 Å². The number of thiophene rings is 1. The van der Waals surface area contributed by atoms with E-state index in [0.29, 0.717) is 6.61 Å². The molecule has 0 radical (unpaired) electrons. The summed E-state index contributed by atoms with van der Waals surface area (Å²) < 4.78 is 5.29. The average Bonchev–Trinajstić information content (AvgIpc) is 3.13. The molecule has 1 aliphatic carbocycles. The van der Waals surface area contributed by atoms with Crippen LogP contribution < -0.4 is 5.32 Å². The van der Waals surface area contributed by atoms with E-state index in [1.165, 1.54) is 9.75 Å². The maximum absolute atomic E-state index is 13.0. The topological polar surface area (TPSA) is 41.6 Å². The highest BCUT2D eigenvalue weighted by Crippen LogP contribution is 2.43. The Balaban J connectivity index is 1.93. The monoisotopic (exact) mass is 308 g/mol. The van der Waals surface area contributed by atoms with Gasteiger partial charge in [0.1, 0.15) is 6.17 Å². The van der Waals surface area contributed by atoms with Gasteiger partial charge in [-0.1, -0.05) is 12.8 Å². The van der Waals surface area contributed by atoms with Gasteiger partial charge < -0.3 is 9.64 Å². The molecular formula is C16H24N2O2S. The zero-order chi connectivity index (χ0) is 15.0. The first-order valence-corrected chi connectivity index (χ1v) is 8.55. The number of carbonyl (C=O) groups excluding carboxylic acids is 1. The van der Waals surface area contributed by atoms with E-state index in [9.17, 15) is 4.79 Å². The number of carbonyl (C=O) groups is 1. The second kappa shape index (κ2) is 5.71. The third-order valence-electron chi connectivity index (χ3n) is 4.71. The molecule has 1 spiro atoms. The molecule has 1 aromatic heterocycles. The van der Waals surface area contributed by atoms with Crippen molar-refractivity contribution in [2.24, 2.45) is 0 Å². The SMILES string of the molecule is COCC(C)N1C(=O)C2(CCCC2)NC1c1ccc(C)s1. The molecule has 5 heteroatoms. The van der Waals surface area contributed by atoms with Crippen molar-refractivity contribution >= 4 is 17.2 Å². The fourth-order valence-electron chi connectivity index (χ4n) is 3.68. The molecule has 2 fully saturated rings. The summed E-state index contributed by atoms with van der Waals surface area (Å²) in [6, 6.07) is 4.36. The van der Waals surface area contributed by atoms with Crippen LogP contribution in [0.15, 0.2) is 12.1 Å². The number of ether oxygens (including phenoxy) is 1. The molecule has 0 bridgehead atoms. The Labute approximate surface area is 130 Å². The Kier molecular flexibility index (Phi) is 4.08. The van der Waals surface area contributed by atoms with Gasteiger partial charge in [-0.05, 0) is 38.8 Å². The van der Waals surface area contributed by atoms with Crippen LogP contribution >= 0.6 is 11.3 Å². The first kappa shape index (κ1) is 15.0. The van der Waals surface area contributed by atoms with E-state index in [4.69, 9.17) is 4.74 Å². The van der Waals surface area contributed by atoms with Crippen molar-refractivity contribution in [3.05, 3.63) is 21.9 Å². The number of methoxy groups -OCH3 is 1. The van der Waals surface area contributed by atoms with Crippen molar-refractivity contribution in [2.45, 2.75) is 57.3 Å². The van der Waals surface area contributed by atoms with Gasteiger partial charge in [0.15, 0.2) is 0 Å². The number of amides is 1. The molecule has 2 unspecified atom stereocenters. The smallest absolute Gasteiger partial charge is 0.244 e. The largest absolute Gasteiger partial charge is 0.383 e. The maximum atomic E-state index is 13.0. The van der Waals surface area contributed by atoms with Gasteiger partial charge in [-0.15, -0.1) is 11.3 Å². The van der Waals surface area contributed by atoms with E-state index < -0.39 is 0 Å². The summed E-state index contributed by atoms with van der Waals surface area (Å²) in [7, 11) is 1.69. The Bertz CT molecular complexity index is 522. The van der Waals surface area contributed by atoms with Gasteiger partial charge in [-0.2, -0.15) is 0 Å². The molecule has 1 saturated carbocycles. The first-order valence-electron chi connectivity index (χ1n) is 7.73. The summed E-state index contributed by atoms with van der Waals surface area (Å²) in [5, 5.41) is 3.67. The molecule has 2 heterocycles. The highest BCUT2D eigenvalue weighted by atomic mass is 32.1. The van der Waals surface area contributed by atoms with Crippen molar-refractivity contribution in [2.75, 3.05) is 13.7 Å². The minimum absolute atomic E-state index is 0.000509. The van der Waals surface area contributed by atoms with Crippen LogP contribution in [0.3, 0.4) is 0 Å². The molecule has 0 aromatic carbocycles. The second-order valence-electron chi connectivity index (χ2n) is 6.30. The Hall–Kier alpha value is -0.910.